The van der Waals surface area contributed by atoms with Gasteiger partial charge in [-0.3, -0.25) is 4.90 Å². The van der Waals surface area contributed by atoms with Gasteiger partial charge in [0.1, 0.15) is 11.6 Å². The van der Waals surface area contributed by atoms with E-state index in [9.17, 15) is 13.9 Å². The minimum absolute atomic E-state index is 0.0258. The predicted molar refractivity (Wildman–Crippen MR) is 73.1 cm³/mol. The highest BCUT2D eigenvalue weighted by Gasteiger charge is 2.33. The lowest BCUT2D eigenvalue weighted by Gasteiger charge is -2.41. The summed E-state index contributed by atoms with van der Waals surface area (Å²) in [6.07, 6.45) is -0.860. The number of benzene rings is 1. The number of aliphatic hydroxyl groups is 1. The Morgan fingerprint density at radius 2 is 1.63 bits per heavy atom. The second-order valence-electron chi connectivity index (χ2n) is 5.25. The second-order valence-corrected chi connectivity index (χ2v) is 5.25. The average molecular weight is 271 g/mol. The number of hydrogen-bond acceptors (Lipinski definition) is 2. The van der Waals surface area contributed by atoms with Gasteiger partial charge >= 0.3 is 0 Å². The summed E-state index contributed by atoms with van der Waals surface area (Å²) in [7, 11) is 0. The minimum Gasteiger partial charge on any atom is -0.391 e. The molecule has 1 aromatic carbocycles. The number of hydrogen-bond donors (Lipinski definition) is 1. The molecule has 1 aromatic rings. The first kappa shape index (κ1) is 16.1. The normalized spacial score (nSPS) is 13.9. The molecule has 0 aliphatic carbocycles. The topological polar surface area (TPSA) is 23.5 Å². The summed E-state index contributed by atoms with van der Waals surface area (Å²) in [5.74, 6) is -1.20. The summed E-state index contributed by atoms with van der Waals surface area (Å²) < 4.78 is 27.2. The first-order chi connectivity index (χ1) is 8.84. The van der Waals surface area contributed by atoms with Crippen LogP contribution in [0.2, 0.25) is 0 Å². The van der Waals surface area contributed by atoms with E-state index in [2.05, 4.69) is 4.90 Å². The molecule has 0 aliphatic heterocycles. The van der Waals surface area contributed by atoms with Gasteiger partial charge in [0, 0.05) is 17.5 Å². The maximum Gasteiger partial charge on any atom is 0.129 e. The van der Waals surface area contributed by atoms with Gasteiger partial charge in [-0.1, -0.05) is 19.9 Å². The van der Waals surface area contributed by atoms with Crippen molar-refractivity contribution in [2.45, 2.75) is 45.8 Å². The molecule has 0 amide bonds. The number of nitrogens with zero attached hydrogens (tertiary/aromatic N) is 1. The fraction of sp³-hybridized carbons (Fsp3) is 0.600. The van der Waals surface area contributed by atoms with Gasteiger partial charge in [-0.05, 0) is 39.1 Å². The van der Waals surface area contributed by atoms with Crippen molar-refractivity contribution in [1.82, 2.24) is 4.90 Å². The molecule has 0 radical (unpaired) electrons. The van der Waals surface area contributed by atoms with Crippen molar-refractivity contribution in [3.63, 3.8) is 0 Å². The van der Waals surface area contributed by atoms with Crippen LogP contribution in [0.4, 0.5) is 8.78 Å². The van der Waals surface area contributed by atoms with E-state index in [0.717, 1.165) is 13.1 Å². The minimum atomic E-state index is -0.834. The highest BCUT2D eigenvalue weighted by Crippen LogP contribution is 2.24. The van der Waals surface area contributed by atoms with Gasteiger partial charge in [0.25, 0.3) is 0 Å². The molecule has 108 valence electrons. The van der Waals surface area contributed by atoms with Gasteiger partial charge in [0.15, 0.2) is 0 Å². The molecule has 0 bridgehead atoms. The van der Waals surface area contributed by atoms with Gasteiger partial charge in [0.05, 0.1) is 6.10 Å². The Morgan fingerprint density at radius 1 is 1.16 bits per heavy atom. The summed E-state index contributed by atoms with van der Waals surface area (Å²) in [5.41, 5.74) is -0.576. The molecule has 0 aromatic heterocycles. The lowest BCUT2D eigenvalue weighted by Crippen LogP contribution is -2.53. The third-order valence-corrected chi connectivity index (χ3v) is 3.85. The van der Waals surface area contributed by atoms with E-state index in [1.165, 1.54) is 18.2 Å². The van der Waals surface area contributed by atoms with Crippen molar-refractivity contribution < 1.29 is 13.9 Å². The van der Waals surface area contributed by atoms with Crippen molar-refractivity contribution in [1.29, 1.82) is 0 Å². The molecule has 0 saturated carbocycles. The van der Waals surface area contributed by atoms with Crippen molar-refractivity contribution in [2.24, 2.45) is 0 Å². The van der Waals surface area contributed by atoms with Crippen molar-refractivity contribution >= 4 is 0 Å². The highest BCUT2D eigenvalue weighted by atomic mass is 19.1. The Kier molecular flexibility index (Phi) is 5.44. The van der Waals surface area contributed by atoms with Gasteiger partial charge in [0.2, 0.25) is 0 Å². The molecule has 2 nitrogen and oxygen atoms in total. The van der Waals surface area contributed by atoms with E-state index in [1.54, 1.807) is 0 Å². The molecule has 0 spiro atoms. The summed E-state index contributed by atoms with van der Waals surface area (Å²) in [4.78, 5) is 2.08. The van der Waals surface area contributed by atoms with Gasteiger partial charge < -0.3 is 5.11 Å². The van der Waals surface area contributed by atoms with Crippen LogP contribution in [0.15, 0.2) is 18.2 Å². The van der Waals surface area contributed by atoms with Crippen molar-refractivity contribution in [2.75, 3.05) is 13.1 Å². The highest BCUT2D eigenvalue weighted by molar-refractivity contribution is 5.21. The predicted octanol–water partition coefficient (Wildman–Crippen LogP) is 2.99. The molecule has 1 unspecified atom stereocenters. The summed E-state index contributed by atoms with van der Waals surface area (Å²) in [5, 5.41) is 10.3. The summed E-state index contributed by atoms with van der Waals surface area (Å²) in [6.45, 7) is 9.34. The molecule has 1 rings (SSSR count). The molecule has 0 heterocycles. The Hall–Kier alpha value is -1.00. The van der Waals surface area contributed by atoms with Gasteiger partial charge in [-0.2, -0.15) is 0 Å². The molecule has 0 aliphatic rings. The zero-order valence-corrected chi connectivity index (χ0v) is 12.1. The fourth-order valence-corrected chi connectivity index (χ4v) is 2.42. The summed E-state index contributed by atoms with van der Waals surface area (Å²) >= 11 is 0. The maximum absolute atomic E-state index is 13.6. The first-order valence-electron chi connectivity index (χ1n) is 6.70. The zero-order valence-electron chi connectivity index (χ0n) is 12.1. The largest absolute Gasteiger partial charge is 0.391 e. The Labute approximate surface area is 114 Å². The average Bonchev–Trinajstić information content (AvgIpc) is 2.34. The monoisotopic (exact) mass is 271 g/mol. The van der Waals surface area contributed by atoms with Crippen LogP contribution in [0.3, 0.4) is 0 Å². The van der Waals surface area contributed by atoms with E-state index in [-0.39, 0.29) is 12.0 Å². The van der Waals surface area contributed by atoms with Crippen LogP contribution in [0, 0.1) is 11.6 Å². The third-order valence-electron chi connectivity index (χ3n) is 3.85. The van der Waals surface area contributed by atoms with Crippen LogP contribution >= 0.6 is 0 Å². The van der Waals surface area contributed by atoms with Crippen LogP contribution < -0.4 is 0 Å². The molecule has 0 fully saturated rings. The molecule has 4 heteroatoms. The number of likely N-dealkylation sites (N-methyl/N-ethyl adjacent to an activating group) is 1. The molecular formula is C15H23F2NO. The Bertz CT molecular complexity index is 396. The van der Waals surface area contributed by atoms with Gasteiger partial charge in [-0.25, -0.2) is 8.78 Å². The van der Waals surface area contributed by atoms with Crippen LogP contribution in [0.25, 0.3) is 0 Å². The van der Waals surface area contributed by atoms with Crippen LogP contribution in [-0.4, -0.2) is 34.7 Å². The standard InChI is InChI=1S/C15H23F2NO/c1-5-18(6-2)15(3,4)14(19)10-11-12(16)8-7-9-13(11)17/h7-9,14,19H,5-6,10H2,1-4H3. The van der Waals surface area contributed by atoms with Crippen molar-refractivity contribution in [3.05, 3.63) is 35.4 Å². The molecule has 19 heavy (non-hydrogen) atoms. The quantitative estimate of drug-likeness (QED) is 0.860. The van der Waals surface area contributed by atoms with E-state index in [0.29, 0.717) is 0 Å². The fourth-order valence-electron chi connectivity index (χ4n) is 2.42. The van der Waals surface area contributed by atoms with Crippen LogP contribution in [0.1, 0.15) is 33.3 Å². The Morgan fingerprint density at radius 3 is 2.05 bits per heavy atom. The number of aliphatic hydroxyl groups excluding tert-OH is 1. The first-order valence-corrected chi connectivity index (χ1v) is 6.70. The van der Waals surface area contributed by atoms with Gasteiger partial charge in [-0.15, -0.1) is 0 Å². The third kappa shape index (κ3) is 3.51. The van der Waals surface area contributed by atoms with Crippen LogP contribution in [0.5, 0.6) is 0 Å². The molecule has 1 N–H and O–H groups in total. The van der Waals surface area contributed by atoms with E-state index < -0.39 is 23.3 Å². The number of halogens is 2. The Balaban J connectivity index is 2.93. The SMILES string of the molecule is CCN(CC)C(C)(C)C(O)Cc1c(F)cccc1F. The van der Waals surface area contributed by atoms with E-state index in [1.807, 2.05) is 27.7 Å². The molecular weight excluding hydrogens is 248 g/mol. The summed E-state index contributed by atoms with van der Waals surface area (Å²) in [6, 6.07) is 3.77. The molecule has 0 saturated heterocycles. The maximum atomic E-state index is 13.6. The lowest BCUT2D eigenvalue weighted by atomic mass is 9.89. The lowest BCUT2D eigenvalue weighted by molar-refractivity contribution is -0.00496. The zero-order chi connectivity index (χ0) is 14.6. The molecule has 1 atom stereocenters. The van der Waals surface area contributed by atoms with E-state index in [4.69, 9.17) is 0 Å². The number of rotatable bonds is 6. The second kappa shape index (κ2) is 6.44. The smallest absolute Gasteiger partial charge is 0.129 e. The van der Waals surface area contributed by atoms with Crippen LogP contribution in [-0.2, 0) is 6.42 Å². The van der Waals surface area contributed by atoms with Crippen molar-refractivity contribution in [3.8, 4) is 0 Å². The van der Waals surface area contributed by atoms with E-state index >= 15 is 0 Å².